The van der Waals surface area contributed by atoms with E-state index in [2.05, 4.69) is 34.6 Å². The first-order valence-electron chi connectivity index (χ1n) is 11.9. The Morgan fingerprint density at radius 1 is 0.840 bits per heavy atom. The highest BCUT2D eigenvalue weighted by molar-refractivity contribution is 5.09. The average Bonchev–Trinajstić information content (AvgIpc) is 2.97. The zero-order chi connectivity index (χ0) is 17.8. The molecule has 0 heterocycles. The highest BCUT2D eigenvalue weighted by atomic mass is 14.6. The third kappa shape index (κ3) is 2.67. The van der Waals surface area contributed by atoms with Gasteiger partial charge in [-0.15, -0.1) is 0 Å². The molecule has 0 N–H and O–H groups in total. The summed E-state index contributed by atoms with van der Waals surface area (Å²) >= 11 is 0. The molecular weight excluding hydrogens is 300 g/mol. The minimum absolute atomic E-state index is 0.681. The first kappa shape index (κ1) is 18.4. The molecule has 9 atom stereocenters. The van der Waals surface area contributed by atoms with Crippen LogP contribution in [0.1, 0.15) is 105 Å². The Kier molecular flexibility index (Phi) is 4.82. The maximum atomic E-state index is 2.74. The summed E-state index contributed by atoms with van der Waals surface area (Å²) in [4.78, 5) is 0. The second-order valence-electron chi connectivity index (χ2n) is 11.3. The highest BCUT2D eigenvalue weighted by Crippen LogP contribution is 2.68. The van der Waals surface area contributed by atoms with Gasteiger partial charge < -0.3 is 0 Å². The molecule has 0 amide bonds. The predicted octanol–water partition coefficient (Wildman–Crippen LogP) is 7.72. The summed E-state index contributed by atoms with van der Waals surface area (Å²) in [6, 6.07) is 0. The van der Waals surface area contributed by atoms with Gasteiger partial charge in [0.25, 0.3) is 0 Å². The number of hydrogen-bond acceptors (Lipinski definition) is 0. The molecule has 0 heteroatoms. The molecular formula is C25H44. The molecule has 0 aromatic heterocycles. The van der Waals surface area contributed by atoms with Gasteiger partial charge >= 0.3 is 0 Å². The van der Waals surface area contributed by atoms with E-state index in [-0.39, 0.29) is 0 Å². The first-order valence-corrected chi connectivity index (χ1v) is 11.9. The Morgan fingerprint density at radius 3 is 2.28 bits per heavy atom. The van der Waals surface area contributed by atoms with E-state index in [1.807, 2.05) is 0 Å². The molecule has 4 aliphatic carbocycles. The zero-order valence-electron chi connectivity index (χ0n) is 17.8. The highest BCUT2D eigenvalue weighted by Gasteiger charge is 2.60. The molecule has 0 bridgehead atoms. The van der Waals surface area contributed by atoms with Crippen LogP contribution in [0.4, 0.5) is 0 Å². The Hall–Kier alpha value is 0. The SMILES string of the molecule is CCC1CCC2(C)C(CCC3C2CCC2(C)C(C(C)CC)CCC32)C1. The van der Waals surface area contributed by atoms with Crippen LogP contribution in [0, 0.1) is 52.3 Å². The van der Waals surface area contributed by atoms with Crippen LogP contribution in [-0.2, 0) is 0 Å². The molecule has 0 aromatic rings. The molecule has 4 fully saturated rings. The molecule has 4 saturated carbocycles. The van der Waals surface area contributed by atoms with E-state index in [0.29, 0.717) is 10.8 Å². The Balaban J connectivity index is 1.56. The third-order valence-electron chi connectivity index (χ3n) is 10.8. The summed E-state index contributed by atoms with van der Waals surface area (Å²) in [6.07, 6.45) is 16.8. The van der Waals surface area contributed by atoms with Gasteiger partial charge in [0.05, 0.1) is 0 Å². The van der Waals surface area contributed by atoms with Crippen LogP contribution in [0.5, 0.6) is 0 Å². The fraction of sp³-hybridized carbons (Fsp3) is 1.00. The monoisotopic (exact) mass is 344 g/mol. The summed E-state index contributed by atoms with van der Waals surface area (Å²) in [5.74, 6) is 7.27. The van der Waals surface area contributed by atoms with Crippen molar-refractivity contribution >= 4 is 0 Å². The van der Waals surface area contributed by atoms with Gasteiger partial charge in [-0.1, -0.05) is 47.5 Å². The largest absolute Gasteiger partial charge is 0.0651 e. The van der Waals surface area contributed by atoms with Gasteiger partial charge in [-0.05, 0) is 110 Å². The topological polar surface area (TPSA) is 0 Å². The van der Waals surface area contributed by atoms with E-state index in [9.17, 15) is 0 Å². The lowest BCUT2D eigenvalue weighted by molar-refractivity contribution is -0.121. The standard InChI is InChI=1S/C25H44/c1-6-17(3)21-10-11-22-20-9-8-19-16-18(7-2)12-14-24(19,4)23(20)13-15-25(21,22)5/h17-23H,6-16H2,1-5H3. The lowest BCUT2D eigenvalue weighted by atomic mass is 9.44. The smallest absolute Gasteiger partial charge is 0.0264 e. The van der Waals surface area contributed by atoms with Gasteiger partial charge in [0, 0.05) is 0 Å². The molecule has 0 nitrogen and oxygen atoms in total. The fourth-order valence-electron chi connectivity index (χ4n) is 8.98. The van der Waals surface area contributed by atoms with Crippen LogP contribution < -0.4 is 0 Å². The first-order chi connectivity index (χ1) is 11.9. The molecule has 25 heavy (non-hydrogen) atoms. The normalized spacial score (nSPS) is 53.6. The molecule has 4 rings (SSSR count). The summed E-state index contributed by atoms with van der Waals surface area (Å²) in [5.41, 5.74) is 1.38. The predicted molar refractivity (Wildman–Crippen MR) is 108 cm³/mol. The van der Waals surface area contributed by atoms with Crippen LogP contribution >= 0.6 is 0 Å². The second kappa shape index (κ2) is 6.56. The van der Waals surface area contributed by atoms with Gasteiger partial charge in [0.1, 0.15) is 0 Å². The average molecular weight is 345 g/mol. The lowest BCUT2D eigenvalue weighted by Crippen LogP contribution is -2.53. The van der Waals surface area contributed by atoms with Crippen molar-refractivity contribution in [2.24, 2.45) is 52.3 Å². The summed E-state index contributed by atoms with van der Waals surface area (Å²) < 4.78 is 0. The Bertz CT molecular complexity index is 480. The van der Waals surface area contributed by atoms with Crippen molar-refractivity contribution in [3.05, 3.63) is 0 Å². The molecule has 9 unspecified atom stereocenters. The Morgan fingerprint density at radius 2 is 1.56 bits per heavy atom. The van der Waals surface area contributed by atoms with Crippen molar-refractivity contribution in [3.8, 4) is 0 Å². The maximum Gasteiger partial charge on any atom is -0.0264 e. The number of hydrogen-bond donors (Lipinski definition) is 0. The molecule has 0 aromatic carbocycles. The van der Waals surface area contributed by atoms with Gasteiger partial charge in [-0.25, -0.2) is 0 Å². The lowest BCUT2D eigenvalue weighted by Gasteiger charge is -2.61. The van der Waals surface area contributed by atoms with E-state index in [0.717, 1.165) is 41.4 Å². The summed E-state index contributed by atoms with van der Waals surface area (Å²) in [6.45, 7) is 12.9. The van der Waals surface area contributed by atoms with E-state index >= 15 is 0 Å². The van der Waals surface area contributed by atoms with Crippen molar-refractivity contribution in [2.45, 2.75) is 105 Å². The van der Waals surface area contributed by atoms with E-state index < -0.39 is 0 Å². The molecule has 0 spiro atoms. The van der Waals surface area contributed by atoms with Crippen molar-refractivity contribution in [1.29, 1.82) is 0 Å². The molecule has 0 aliphatic heterocycles. The fourth-order valence-corrected chi connectivity index (χ4v) is 8.98. The molecule has 0 radical (unpaired) electrons. The zero-order valence-corrected chi connectivity index (χ0v) is 17.8. The third-order valence-corrected chi connectivity index (χ3v) is 10.8. The van der Waals surface area contributed by atoms with Crippen LogP contribution in [0.15, 0.2) is 0 Å². The van der Waals surface area contributed by atoms with Gasteiger partial charge in [0.2, 0.25) is 0 Å². The maximum absolute atomic E-state index is 2.74. The van der Waals surface area contributed by atoms with Crippen molar-refractivity contribution in [1.82, 2.24) is 0 Å². The van der Waals surface area contributed by atoms with Crippen molar-refractivity contribution < 1.29 is 0 Å². The quantitative estimate of drug-likeness (QED) is 0.491. The number of rotatable bonds is 3. The van der Waals surface area contributed by atoms with Crippen LogP contribution in [0.25, 0.3) is 0 Å². The van der Waals surface area contributed by atoms with Gasteiger partial charge in [-0.3, -0.25) is 0 Å². The summed E-state index contributed by atoms with van der Waals surface area (Å²) in [7, 11) is 0. The molecule has 4 aliphatic rings. The van der Waals surface area contributed by atoms with Gasteiger partial charge in [0.15, 0.2) is 0 Å². The molecule has 0 saturated heterocycles. The van der Waals surface area contributed by atoms with Crippen LogP contribution in [0.2, 0.25) is 0 Å². The minimum atomic E-state index is 0.681. The second-order valence-corrected chi connectivity index (χ2v) is 11.3. The summed E-state index contributed by atoms with van der Waals surface area (Å²) in [5, 5.41) is 0. The minimum Gasteiger partial charge on any atom is -0.0651 e. The van der Waals surface area contributed by atoms with E-state index in [4.69, 9.17) is 0 Å². The molecule has 144 valence electrons. The van der Waals surface area contributed by atoms with E-state index in [1.54, 1.807) is 44.9 Å². The van der Waals surface area contributed by atoms with E-state index in [1.165, 1.54) is 25.7 Å². The van der Waals surface area contributed by atoms with Crippen LogP contribution in [-0.4, -0.2) is 0 Å². The van der Waals surface area contributed by atoms with Crippen molar-refractivity contribution in [3.63, 3.8) is 0 Å². The van der Waals surface area contributed by atoms with Gasteiger partial charge in [-0.2, -0.15) is 0 Å². The van der Waals surface area contributed by atoms with Crippen LogP contribution in [0.3, 0.4) is 0 Å². The number of fused-ring (bicyclic) bond motifs is 5. The Labute approximate surface area is 157 Å². The van der Waals surface area contributed by atoms with Crippen molar-refractivity contribution in [2.75, 3.05) is 0 Å².